The highest BCUT2D eigenvalue weighted by atomic mass is 19.1. The predicted molar refractivity (Wildman–Crippen MR) is 70.0 cm³/mol. The van der Waals surface area contributed by atoms with E-state index in [0.717, 1.165) is 24.3 Å². The zero-order valence-corrected chi connectivity index (χ0v) is 11.0. The molecule has 18 heavy (non-hydrogen) atoms. The third-order valence-corrected chi connectivity index (χ3v) is 3.01. The number of aromatic nitrogens is 2. The SMILES string of the molecule is CNCc1cncn1Cc1cc(C)c(F)c(C)c1. The van der Waals surface area contributed by atoms with E-state index in [1.807, 2.05) is 25.4 Å². The standard InChI is InChI=1S/C14H18FN3/c1-10-4-12(5-11(2)14(10)15)8-18-9-17-7-13(18)6-16-3/h4-5,7,9,16H,6,8H2,1-3H3. The molecule has 0 amide bonds. The largest absolute Gasteiger partial charge is 0.329 e. The molecule has 3 nitrogen and oxygen atoms in total. The average Bonchev–Trinajstić information content (AvgIpc) is 2.74. The van der Waals surface area contributed by atoms with E-state index in [1.165, 1.54) is 0 Å². The summed E-state index contributed by atoms with van der Waals surface area (Å²) in [7, 11) is 1.91. The molecule has 0 aliphatic heterocycles. The van der Waals surface area contributed by atoms with Crippen molar-refractivity contribution < 1.29 is 4.39 Å². The molecule has 2 aromatic rings. The Morgan fingerprint density at radius 2 is 1.94 bits per heavy atom. The van der Waals surface area contributed by atoms with Crippen molar-refractivity contribution >= 4 is 0 Å². The maximum absolute atomic E-state index is 13.6. The summed E-state index contributed by atoms with van der Waals surface area (Å²) in [5, 5.41) is 3.11. The molecule has 0 saturated heterocycles. The molecule has 0 aliphatic rings. The van der Waals surface area contributed by atoms with Crippen LogP contribution in [0.4, 0.5) is 4.39 Å². The second-order valence-electron chi connectivity index (χ2n) is 4.59. The van der Waals surface area contributed by atoms with Crippen molar-refractivity contribution in [3.05, 3.63) is 52.9 Å². The first-order valence-corrected chi connectivity index (χ1v) is 6.01. The summed E-state index contributed by atoms with van der Waals surface area (Å²) in [6, 6.07) is 3.79. The summed E-state index contributed by atoms with van der Waals surface area (Å²) in [4.78, 5) is 4.15. The Morgan fingerprint density at radius 3 is 2.56 bits per heavy atom. The number of benzene rings is 1. The van der Waals surface area contributed by atoms with Gasteiger partial charge in [-0.2, -0.15) is 0 Å². The zero-order chi connectivity index (χ0) is 13.1. The summed E-state index contributed by atoms with van der Waals surface area (Å²) in [5.74, 6) is -0.111. The molecule has 1 N–H and O–H groups in total. The number of hydrogen-bond acceptors (Lipinski definition) is 2. The molecule has 0 fully saturated rings. The van der Waals surface area contributed by atoms with Crippen LogP contribution in [0, 0.1) is 19.7 Å². The Balaban J connectivity index is 2.26. The monoisotopic (exact) mass is 247 g/mol. The van der Waals surface area contributed by atoms with Gasteiger partial charge in [-0.1, -0.05) is 12.1 Å². The Labute approximate surface area is 107 Å². The third kappa shape index (κ3) is 2.59. The molecule has 1 heterocycles. The van der Waals surface area contributed by atoms with Gasteiger partial charge >= 0.3 is 0 Å². The minimum atomic E-state index is -0.111. The maximum Gasteiger partial charge on any atom is 0.129 e. The molecule has 0 radical (unpaired) electrons. The van der Waals surface area contributed by atoms with E-state index in [0.29, 0.717) is 11.1 Å². The van der Waals surface area contributed by atoms with Crippen LogP contribution in [0.15, 0.2) is 24.7 Å². The lowest BCUT2D eigenvalue weighted by Gasteiger charge is -2.10. The number of rotatable bonds is 4. The lowest BCUT2D eigenvalue weighted by Crippen LogP contribution is -2.11. The average molecular weight is 247 g/mol. The van der Waals surface area contributed by atoms with Gasteiger partial charge in [0, 0.05) is 19.3 Å². The van der Waals surface area contributed by atoms with Gasteiger partial charge in [0.25, 0.3) is 0 Å². The quantitative estimate of drug-likeness (QED) is 0.899. The van der Waals surface area contributed by atoms with E-state index < -0.39 is 0 Å². The van der Waals surface area contributed by atoms with Gasteiger partial charge in [-0.05, 0) is 37.6 Å². The lowest BCUT2D eigenvalue weighted by atomic mass is 10.1. The van der Waals surface area contributed by atoms with Crippen molar-refractivity contribution in [1.82, 2.24) is 14.9 Å². The van der Waals surface area contributed by atoms with Crippen LogP contribution in [0.5, 0.6) is 0 Å². The molecule has 1 aromatic heterocycles. The highest BCUT2D eigenvalue weighted by Gasteiger charge is 2.06. The molecule has 96 valence electrons. The Bertz CT molecular complexity index is 523. The minimum Gasteiger partial charge on any atom is -0.329 e. The number of halogens is 1. The first-order valence-electron chi connectivity index (χ1n) is 6.01. The summed E-state index contributed by atoms with van der Waals surface area (Å²) < 4.78 is 15.6. The second-order valence-corrected chi connectivity index (χ2v) is 4.59. The molecular formula is C14H18FN3. The van der Waals surface area contributed by atoms with Crippen LogP contribution in [-0.4, -0.2) is 16.6 Å². The van der Waals surface area contributed by atoms with Gasteiger partial charge in [-0.25, -0.2) is 9.37 Å². The Hall–Kier alpha value is -1.68. The van der Waals surface area contributed by atoms with Crippen LogP contribution in [0.2, 0.25) is 0 Å². The van der Waals surface area contributed by atoms with E-state index in [1.54, 1.807) is 20.2 Å². The van der Waals surface area contributed by atoms with E-state index in [9.17, 15) is 4.39 Å². The molecule has 0 saturated carbocycles. The van der Waals surface area contributed by atoms with Crippen LogP contribution in [0.3, 0.4) is 0 Å². The molecule has 0 aliphatic carbocycles. The van der Waals surface area contributed by atoms with E-state index in [-0.39, 0.29) is 5.82 Å². The summed E-state index contributed by atoms with van der Waals surface area (Å²) >= 11 is 0. The van der Waals surface area contributed by atoms with Gasteiger partial charge in [-0.3, -0.25) is 0 Å². The predicted octanol–water partition coefficient (Wildman–Crippen LogP) is 2.41. The lowest BCUT2D eigenvalue weighted by molar-refractivity contribution is 0.606. The number of nitrogens with one attached hydrogen (secondary N) is 1. The van der Waals surface area contributed by atoms with Crippen molar-refractivity contribution in [1.29, 1.82) is 0 Å². The first kappa shape index (κ1) is 12.8. The third-order valence-electron chi connectivity index (χ3n) is 3.01. The molecule has 1 aromatic carbocycles. The number of imidazole rings is 1. The van der Waals surface area contributed by atoms with Crippen molar-refractivity contribution in [2.45, 2.75) is 26.9 Å². The summed E-state index contributed by atoms with van der Waals surface area (Å²) in [6.45, 7) is 5.10. The molecule has 0 spiro atoms. The van der Waals surface area contributed by atoms with Gasteiger partial charge in [0.1, 0.15) is 5.82 Å². The van der Waals surface area contributed by atoms with Gasteiger partial charge in [0.15, 0.2) is 0 Å². The normalized spacial score (nSPS) is 10.9. The highest BCUT2D eigenvalue weighted by molar-refractivity contribution is 5.30. The van der Waals surface area contributed by atoms with Crippen LogP contribution in [0.25, 0.3) is 0 Å². The summed E-state index contributed by atoms with van der Waals surface area (Å²) in [5.41, 5.74) is 3.61. The highest BCUT2D eigenvalue weighted by Crippen LogP contribution is 2.16. The van der Waals surface area contributed by atoms with E-state index >= 15 is 0 Å². The van der Waals surface area contributed by atoms with E-state index in [2.05, 4.69) is 14.9 Å². The number of hydrogen-bond donors (Lipinski definition) is 1. The first-order chi connectivity index (χ1) is 8.61. The molecule has 0 unspecified atom stereocenters. The van der Waals surface area contributed by atoms with Crippen molar-refractivity contribution in [2.75, 3.05) is 7.05 Å². The van der Waals surface area contributed by atoms with Crippen molar-refractivity contribution in [3.8, 4) is 0 Å². The topological polar surface area (TPSA) is 29.9 Å². The van der Waals surface area contributed by atoms with Crippen LogP contribution >= 0.6 is 0 Å². The van der Waals surface area contributed by atoms with Crippen molar-refractivity contribution in [3.63, 3.8) is 0 Å². The van der Waals surface area contributed by atoms with Gasteiger partial charge in [0.05, 0.1) is 12.0 Å². The van der Waals surface area contributed by atoms with Crippen LogP contribution < -0.4 is 5.32 Å². The van der Waals surface area contributed by atoms with Crippen LogP contribution in [0.1, 0.15) is 22.4 Å². The fourth-order valence-corrected chi connectivity index (χ4v) is 2.14. The van der Waals surface area contributed by atoms with Crippen LogP contribution in [-0.2, 0) is 13.1 Å². The molecular weight excluding hydrogens is 229 g/mol. The number of aryl methyl sites for hydroxylation is 2. The molecule has 4 heteroatoms. The molecule has 0 atom stereocenters. The van der Waals surface area contributed by atoms with Gasteiger partial charge in [0.2, 0.25) is 0 Å². The minimum absolute atomic E-state index is 0.111. The smallest absolute Gasteiger partial charge is 0.129 e. The Kier molecular flexibility index (Phi) is 3.77. The zero-order valence-electron chi connectivity index (χ0n) is 11.0. The van der Waals surface area contributed by atoms with Crippen molar-refractivity contribution in [2.24, 2.45) is 0 Å². The second kappa shape index (κ2) is 5.31. The molecule has 0 bridgehead atoms. The van der Waals surface area contributed by atoms with Gasteiger partial charge in [-0.15, -0.1) is 0 Å². The Morgan fingerprint density at radius 1 is 1.28 bits per heavy atom. The summed E-state index contributed by atoms with van der Waals surface area (Å²) in [6.07, 6.45) is 3.65. The maximum atomic E-state index is 13.6. The number of nitrogens with zero attached hydrogens (tertiary/aromatic N) is 2. The molecule has 2 rings (SSSR count). The van der Waals surface area contributed by atoms with E-state index in [4.69, 9.17) is 0 Å². The fraction of sp³-hybridized carbons (Fsp3) is 0.357. The fourth-order valence-electron chi connectivity index (χ4n) is 2.14. The van der Waals surface area contributed by atoms with Gasteiger partial charge < -0.3 is 9.88 Å².